The first-order valence-corrected chi connectivity index (χ1v) is 4.03. The summed E-state index contributed by atoms with van der Waals surface area (Å²) in [5.74, 6) is -1.36. The van der Waals surface area contributed by atoms with Crippen LogP contribution in [0, 0.1) is 18.3 Å². The number of carboxylic acids is 1. The molecule has 0 aromatic heterocycles. The molecule has 0 radical (unpaired) electrons. The summed E-state index contributed by atoms with van der Waals surface area (Å²) in [5, 5.41) is 19.0. The monoisotopic (exact) mass is 225 g/mol. The van der Waals surface area contributed by atoms with Crippen LogP contribution in [0.4, 0.5) is 0 Å². The summed E-state index contributed by atoms with van der Waals surface area (Å²) in [4.78, 5) is 10.3. The molecule has 1 aromatic carbocycles. The maximum atomic E-state index is 10.3. The van der Waals surface area contributed by atoms with Crippen molar-refractivity contribution < 1.29 is 61.3 Å². The Morgan fingerprint density at radius 3 is 2.67 bits per heavy atom. The molecule has 0 bridgehead atoms. The second-order valence-corrected chi connectivity index (χ2v) is 2.86. The van der Waals surface area contributed by atoms with Gasteiger partial charge in [-0.2, -0.15) is 5.26 Å². The number of aryl methyl sites for hydroxylation is 1. The first-order chi connectivity index (χ1) is 6.63. The smallest absolute Gasteiger partial charge is 0.545 e. The van der Waals surface area contributed by atoms with Crippen LogP contribution in [0.2, 0.25) is 0 Å². The third kappa shape index (κ3) is 4.73. The Balaban J connectivity index is 0.00000196. The second kappa shape index (κ2) is 6.93. The van der Waals surface area contributed by atoms with Gasteiger partial charge >= 0.3 is 51.4 Å². The SMILES string of the molecule is Cc1cccc(C(C#N)=CC(=O)[O-])c1.[K+]. The summed E-state index contributed by atoms with van der Waals surface area (Å²) in [7, 11) is 0. The molecule has 0 saturated heterocycles. The number of hydrogen-bond acceptors (Lipinski definition) is 3. The number of nitriles is 1. The van der Waals surface area contributed by atoms with E-state index < -0.39 is 5.97 Å². The molecule has 15 heavy (non-hydrogen) atoms. The number of aliphatic carboxylic acids is 1. The van der Waals surface area contributed by atoms with Crippen LogP contribution in [-0.4, -0.2) is 5.97 Å². The van der Waals surface area contributed by atoms with Crippen molar-refractivity contribution in [2.75, 3.05) is 0 Å². The Kier molecular flexibility index (Phi) is 6.73. The molecule has 0 spiro atoms. The molecule has 0 aliphatic carbocycles. The van der Waals surface area contributed by atoms with Crippen LogP contribution >= 0.6 is 0 Å². The van der Waals surface area contributed by atoms with E-state index in [1.807, 2.05) is 19.1 Å². The van der Waals surface area contributed by atoms with Crippen molar-refractivity contribution >= 4 is 11.5 Å². The van der Waals surface area contributed by atoms with E-state index in [-0.39, 0.29) is 57.0 Å². The number of carboxylic acid groups (broad SMARTS) is 1. The summed E-state index contributed by atoms with van der Waals surface area (Å²) in [6.07, 6.45) is 0.800. The van der Waals surface area contributed by atoms with E-state index in [9.17, 15) is 9.90 Å². The Bertz CT molecular complexity index is 432. The summed E-state index contributed by atoms with van der Waals surface area (Å²) in [6, 6.07) is 8.89. The van der Waals surface area contributed by atoms with Gasteiger partial charge < -0.3 is 9.90 Å². The molecule has 70 valence electrons. The number of carbonyl (C=O) groups is 1. The van der Waals surface area contributed by atoms with Crippen molar-refractivity contribution in [3.05, 3.63) is 41.5 Å². The van der Waals surface area contributed by atoms with Crippen LogP contribution < -0.4 is 56.5 Å². The Morgan fingerprint density at radius 2 is 2.20 bits per heavy atom. The molecule has 0 aliphatic heterocycles. The molecular weight excluding hydrogens is 217 g/mol. The molecule has 0 N–H and O–H groups in total. The number of hydrogen-bond donors (Lipinski definition) is 0. The maximum Gasteiger partial charge on any atom is 1.00 e. The van der Waals surface area contributed by atoms with Crippen molar-refractivity contribution in [1.29, 1.82) is 5.26 Å². The average Bonchev–Trinajstić information content (AvgIpc) is 2.14. The molecule has 1 aromatic rings. The van der Waals surface area contributed by atoms with Gasteiger partial charge in [0.25, 0.3) is 0 Å². The van der Waals surface area contributed by atoms with E-state index in [1.165, 1.54) is 0 Å². The molecule has 4 heteroatoms. The largest absolute Gasteiger partial charge is 1.00 e. The minimum Gasteiger partial charge on any atom is -0.545 e. The van der Waals surface area contributed by atoms with Crippen LogP contribution in [0.15, 0.2) is 30.3 Å². The van der Waals surface area contributed by atoms with Crippen molar-refractivity contribution in [2.45, 2.75) is 6.92 Å². The van der Waals surface area contributed by atoms with Gasteiger partial charge in [-0.15, -0.1) is 0 Å². The topological polar surface area (TPSA) is 63.9 Å². The molecule has 0 saturated carbocycles. The van der Waals surface area contributed by atoms with Gasteiger partial charge in [0, 0.05) is 0 Å². The van der Waals surface area contributed by atoms with Crippen molar-refractivity contribution in [3.63, 3.8) is 0 Å². The van der Waals surface area contributed by atoms with E-state index >= 15 is 0 Å². The molecule has 1 rings (SSSR count). The minimum atomic E-state index is -1.36. The van der Waals surface area contributed by atoms with Gasteiger partial charge in [-0.25, -0.2) is 0 Å². The van der Waals surface area contributed by atoms with Crippen LogP contribution in [0.3, 0.4) is 0 Å². The van der Waals surface area contributed by atoms with Crippen LogP contribution in [0.1, 0.15) is 11.1 Å². The molecule has 0 fully saturated rings. The molecular formula is C11H8KNO2. The van der Waals surface area contributed by atoms with Gasteiger partial charge in [0.2, 0.25) is 0 Å². The predicted molar refractivity (Wildman–Crippen MR) is 49.8 cm³/mol. The molecule has 0 atom stereocenters. The molecule has 0 heterocycles. The summed E-state index contributed by atoms with van der Waals surface area (Å²) in [5.41, 5.74) is 1.67. The fourth-order valence-corrected chi connectivity index (χ4v) is 1.11. The summed E-state index contributed by atoms with van der Waals surface area (Å²) in [6.45, 7) is 1.87. The number of benzene rings is 1. The molecule has 3 nitrogen and oxygen atoms in total. The van der Waals surface area contributed by atoms with Gasteiger partial charge in [-0.05, 0) is 18.6 Å². The summed E-state index contributed by atoms with van der Waals surface area (Å²) >= 11 is 0. The minimum absolute atomic E-state index is 0. The van der Waals surface area contributed by atoms with E-state index in [0.29, 0.717) is 5.56 Å². The van der Waals surface area contributed by atoms with E-state index in [2.05, 4.69) is 0 Å². The van der Waals surface area contributed by atoms with Gasteiger partial charge in [0.1, 0.15) is 0 Å². The average molecular weight is 225 g/mol. The normalized spacial score (nSPS) is 10.0. The zero-order chi connectivity index (χ0) is 10.6. The van der Waals surface area contributed by atoms with Crippen LogP contribution in [-0.2, 0) is 4.79 Å². The first-order valence-electron chi connectivity index (χ1n) is 4.03. The molecule has 0 aliphatic rings. The Hall–Kier alpha value is -0.444. The van der Waals surface area contributed by atoms with E-state index in [4.69, 9.17) is 5.26 Å². The van der Waals surface area contributed by atoms with Crippen LogP contribution in [0.5, 0.6) is 0 Å². The van der Waals surface area contributed by atoms with Gasteiger partial charge in [-0.1, -0.05) is 29.8 Å². The molecule has 0 amide bonds. The van der Waals surface area contributed by atoms with Crippen molar-refractivity contribution in [2.24, 2.45) is 0 Å². The van der Waals surface area contributed by atoms with Gasteiger partial charge in [0.15, 0.2) is 0 Å². The number of nitrogens with zero attached hydrogens (tertiary/aromatic N) is 1. The number of allylic oxidation sites excluding steroid dienone is 1. The number of rotatable bonds is 2. The zero-order valence-electron chi connectivity index (χ0n) is 8.65. The third-order valence-electron chi connectivity index (χ3n) is 1.71. The zero-order valence-corrected chi connectivity index (χ0v) is 11.8. The van der Waals surface area contributed by atoms with E-state index in [1.54, 1.807) is 18.2 Å². The predicted octanol–water partition coefficient (Wildman–Crippen LogP) is -2.34. The maximum absolute atomic E-state index is 10.3. The Labute approximate surface area is 131 Å². The van der Waals surface area contributed by atoms with Gasteiger partial charge in [-0.3, -0.25) is 0 Å². The van der Waals surface area contributed by atoms with E-state index in [0.717, 1.165) is 11.6 Å². The fraction of sp³-hybridized carbons (Fsp3) is 0.0909. The summed E-state index contributed by atoms with van der Waals surface area (Å²) < 4.78 is 0. The molecule has 0 unspecified atom stereocenters. The Morgan fingerprint density at radius 1 is 1.53 bits per heavy atom. The number of carbonyl (C=O) groups excluding carboxylic acids is 1. The second-order valence-electron chi connectivity index (χ2n) is 2.86. The fourth-order valence-electron chi connectivity index (χ4n) is 1.11. The standard InChI is InChI=1S/C11H9NO2.K/c1-8-3-2-4-9(5-8)10(7-12)6-11(13)14;/h2-6H,1H3,(H,13,14);/q;+1/p-1. The van der Waals surface area contributed by atoms with Crippen molar-refractivity contribution in [3.8, 4) is 6.07 Å². The van der Waals surface area contributed by atoms with Gasteiger partial charge in [0.05, 0.1) is 17.6 Å². The van der Waals surface area contributed by atoms with Crippen LogP contribution in [0.25, 0.3) is 5.57 Å². The quantitative estimate of drug-likeness (QED) is 0.322. The first kappa shape index (κ1) is 14.6. The van der Waals surface area contributed by atoms with Crippen molar-refractivity contribution in [1.82, 2.24) is 0 Å². The third-order valence-corrected chi connectivity index (χ3v) is 1.71.